The predicted molar refractivity (Wildman–Crippen MR) is 62.1 cm³/mol. The lowest BCUT2D eigenvalue weighted by Gasteiger charge is -2.11. The second-order valence-corrected chi connectivity index (χ2v) is 3.56. The highest BCUT2D eigenvalue weighted by atomic mass is 16.2. The molecule has 84 valence electrons. The van der Waals surface area contributed by atoms with Crippen LogP contribution in [0.5, 0.6) is 0 Å². The van der Waals surface area contributed by atoms with Crippen molar-refractivity contribution in [2.24, 2.45) is 0 Å². The Balaban J connectivity index is 2.37. The molecule has 0 fully saturated rings. The van der Waals surface area contributed by atoms with Crippen molar-refractivity contribution in [1.29, 1.82) is 5.26 Å². The van der Waals surface area contributed by atoms with Gasteiger partial charge < -0.3 is 4.90 Å². The fourth-order valence-electron chi connectivity index (χ4n) is 1.43. The number of para-hydroxylation sites is 2. The second kappa shape index (κ2) is 4.58. The molecule has 1 amide bonds. The van der Waals surface area contributed by atoms with Crippen LogP contribution in [0.1, 0.15) is 10.5 Å². The Hall–Kier alpha value is -2.48. The van der Waals surface area contributed by atoms with Crippen LogP contribution in [0.4, 0.5) is 0 Å². The molecule has 0 saturated carbocycles. The van der Waals surface area contributed by atoms with E-state index < -0.39 is 0 Å². The fraction of sp³-hybridized carbons (Fsp3) is 0.167. The average Bonchev–Trinajstić information content (AvgIpc) is 2.37. The minimum absolute atomic E-state index is 0.0351. The molecule has 0 radical (unpaired) electrons. The molecule has 0 aliphatic carbocycles. The lowest BCUT2D eigenvalue weighted by molar-refractivity contribution is 0.0806. The summed E-state index contributed by atoms with van der Waals surface area (Å²) in [5, 5.41) is 8.52. The van der Waals surface area contributed by atoms with E-state index in [1.807, 2.05) is 24.3 Å². The van der Waals surface area contributed by atoms with Gasteiger partial charge in [0, 0.05) is 7.05 Å². The summed E-state index contributed by atoms with van der Waals surface area (Å²) in [6.07, 6.45) is 1.43. The first-order valence-corrected chi connectivity index (χ1v) is 5.06. The number of nitriles is 1. The smallest absolute Gasteiger partial charge is 0.274 e. The van der Waals surface area contributed by atoms with Crippen molar-refractivity contribution in [2.45, 2.75) is 0 Å². The van der Waals surface area contributed by atoms with E-state index in [0.29, 0.717) is 5.52 Å². The molecule has 17 heavy (non-hydrogen) atoms. The maximum Gasteiger partial charge on any atom is 0.274 e. The number of carbonyl (C=O) groups excluding carboxylic acids is 1. The zero-order chi connectivity index (χ0) is 12.3. The molecule has 0 bridgehead atoms. The molecule has 0 unspecified atom stereocenters. The first kappa shape index (κ1) is 11.0. The van der Waals surface area contributed by atoms with Gasteiger partial charge >= 0.3 is 0 Å². The summed E-state index contributed by atoms with van der Waals surface area (Å²) in [5.41, 5.74) is 1.66. The molecule has 2 rings (SSSR count). The minimum Gasteiger partial charge on any atom is -0.327 e. The van der Waals surface area contributed by atoms with Gasteiger partial charge in [0.25, 0.3) is 5.91 Å². The van der Waals surface area contributed by atoms with Crippen molar-refractivity contribution < 1.29 is 4.79 Å². The summed E-state index contributed by atoms with van der Waals surface area (Å²) < 4.78 is 0. The Kier molecular flexibility index (Phi) is 2.97. The highest BCUT2D eigenvalue weighted by Crippen LogP contribution is 2.09. The van der Waals surface area contributed by atoms with E-state index in [1.54, 1.807) is 13.1 Å². The van der Waals surface area contributed by atoms with Crippen LogP contribution in [0.15, 0.2) is 30.5 Å². The summed E-state index contributed by atoms with van der Waals surface area (Å²) in [7, 11) is 1.56. The first-order chi connectivity index (χ1) is 8.22. The van der Waals surface area contributed by atoms with Crippen LogP contribution < -0.4 is 0 Å². The van der Waals surface area contributed by atoms with Crippen LogP contribution in [0.25, 0.3) is 11.0 Å². The van der Waals surface area contributed by atoms with Gasteiger partial charge in [-0.05, 0) is 12.1 Å². The summed E-state index contributed by atoms with van der Waals surface area (Å²) in [6.45, 7) is 0.0351. The van der Waals surface area contributed by atoms with Gasteiger partial charge in [-0.15, -0.1) is 0 Å². The molecule has 0 N–H and O–H groups in total. The van der Waals surface area contributed by atoms with Gasteiger partial charge in [0.1, 0.15) is 12.2 Å². The van der Waals surface area contributed by atoms with Gasteiger partial charge in [0.15, 0.2) is 0 Å². The number of hydrogen-bond acceptors (Lipinski definition) is 4. The number of fused-ring (bicyclic) bond motifs is 1. The summed E-state index contributed by atoms with van der Waals surface area (Å²) >= 11 is 0. The number of carbonyl (C=O) groups is 1. The number of hydrogen-bond donors (Lipinski definition) is 0. The Bertz CT molecular complexity index is 603. The van der Waals surface area contributed by atoms with Crippen LogP contribution in [0, 0.1) is 11.3 Å². The van der Waals surface area contributed by atoms with Gasteiger partial charge in [-0.3, -0.25) is 9.78 Å². The zero-order valence-electron chi connectivity index (χ0n) is 9.29. The molecule has 5 nitrogen and oxygen atoms in total. The van der Waals surface area contributed by atoms with Crippen LogP contribution >= 0.6 is 0 Å². The predicted octanol–water partition coefficient (Wildman–Crippen LogP) is 1.23. The van der Waals surface area contributed by atoms with Crippen molar-refractivity contribution in [2.75, 3.05) is 13.6 Å². The third-order valence-electron chi connectivity index (χ3n) is 2.32. The second-order valence-electron chi connectivity index (χ2n) is 3.56. The highest BCUT2D eigenvalue weighted by Gasteiger charge is 2.13. The topological polar surface area (TPSA) is 69.9 Å². The molecule has 0 aliphatic rings. The minimum atomic E-state index is -0.301. The number of benzene rings is 1. The molecule has 1 aromatic heterocycles. The largest absolute Gasteiger partial charge is 0.327 e. The lowest BCUT2D eigenvalue weighted by atomic mass is 10.3. The molecule has 1 heterocycles. The Morgan fingerprint density at radius 1 is 1.41 bits per heavy atom. The number of nitrogens with zero attached hydrogens (tertiary/aromatic N) is 4. The molecular weight excluding hydrogens is 216 g/mol. The van der Waals surface area contributed by atoms with Crippen LogP contribution in [-0.2, 0) is 0 Å². The maximum atomic E-state index is 11.9. The van der Waals surface area contributed by atoms with E-state index in [1.165, 1.54) is 11.1 Å². The normalized spacial score (nSPS) is 9.88. The quantitative estimate of drug-likeness (QED) is 0.722. The molecule has 5 heteroatoms. The van der Waals surface area contributed by atoms with E-state index in [0.717, 1.165) is 5.52 Å². The Morgan fingerprint density at radius 3 is 2.82 bits per heavy atom. The molecule has 0 spiro atoms. The van der Waals surface area contributed by atoms with Gasteiger partial charge in [-0.1, -0.05) is 12.1 Å². The molecule has 0 aliphatic heterocycles. The number of amides is 1. The molecule has 1 aromatic carbocycles. The number of aromatic nitrogens is 2. The molecular formula is C12H10N4O. The van der Waals surface area contributed by atoms with Gasteiger partial charge in [0.2, 0.25) is 0 Å². The van der Waals surface area contributed by atoms with E-state index in [2.05, 4.69) is 9.97 Å². The summed E-state index contributed by atoms with van der Waals surface area (Å²) in [5.74, 6) is -0.301. The molecule has 2 aromatic rings. The van der Waals surface area contributed by atoms with E-state index in [9.17, 15) is 4.79 Å². The van der Waals surface area contributed by atoms with Gasteiger partial charge in [-0.2, -0.15) is 5.26 Å². The maximum absolute atomic E-state index is 11.9. The van der Waals surface area contributed by atoms with Gasteiger partial charge in [0.05, 0.1) is 23.3 Å². The molecule has 0 saturated heterocycles. The highest BCUT2D eigenvalue weighted by molar-refractivity contribution is 5.93. The van der Waals surface area contributed by atoms with Crippen LogP contribution in [0.2, 0.25) is 0 Å². The van der Waals surface area contributed by atoms with E-state index in [-0.39, 0.29) is 18.1 Å². The zero-order valence-corrected chi connectivity index (χ0v) is 9.29. The van der Waals surface area contributed by atoms with Crippen LogP contribution in [-0.4, -0.2) is 34.4 Å². The van der Waals surface area contributed by atoms with E-state index in [4.69, 9.17) is 5.26 Å². The SMILES string of the molecule is CN(CC#N)C(=O)c1cnc2ccccc2n1. The molecule has 0 atom stereocenters. The van der Waals surface area contributed by atoms with Crippen molar-refractivity contribution in [3.8, 4) is 6.07 Å². The summed E-state index contributed by atoms with van der Waals surface area (Å²) in [4.78, 5) is 21.5. The van der Waals surface area contributed by atoms with Crippen molar-refractivity contribution >= 4 is 16.9 Å². The number of rotatable bonds is 2. The fourth-order valence-corrected chi connectivity index (χ4v) is 1.43. The standard InChI is InChI=1S/C12H10N4O/c1-16(7-6-13)12(17)11-8-14-9-4-2-3-5-10(9)15-11/h2-5,8H,7H2,1H3. The average molecular weight is 226 g/mol. The van der Waals surface area contributed by atoms with E-state index >= 15 is 0 Å². The monoisotopic (exact) mass is 226 g/mol. The first-order valence-electron chi connectivity index (χ1n) is 5.06. The van der Waals surface area contributed by atoms with Crippen molar-refractivity contribution in [3.05, 3.63) is 36.2 Å². The third kappa shape index (κ3) is 2.21. The third-order valence-corrected chi connectivity index (χ3v) is 2.32. The lowest BCUT2D eigenvalue weighted by Crippen LogP contribution is -2.27. The summed E-state index contributed by atoms with van der Waals surface area (Å²) in [6, 6.07) is 9.24. The van der Waals surface area contributed by atoms with Crippen molar-refractivity contribution in [1.82, 2.24) is 14.9 Å². The van der Waals surface area contributed by atoms with Crippen LogP contribution in [0.3, 0.4) is 0 Å². The van der Waals surface area contributed by atoms with Crippen molar-refractivity contribution in [3.63, 3.8) is 0 Å². The van der Waals surface area contributed by atoms with Gasteiger partial charge in [-0.25, -0.2) is 4.98 Å². The Labute approximate surface area is 98.3 Å². The Morgan fingerprint density at radius 2 is 2.12 bits per heavy atom.